The predicted molar refractivity (Wildman–Crippen MR) is 70.1 cm³/mol. The summed E-state index contributed by atoms with van der Waals surface area (Å²) in [5.74, 6) is 0.962. The van der Waals surface area contributed by atoms with E-state index in [0.29, 0.717) is 6.04 Å². The number of rotatable bonds is 3. The molecule has 0 aromatic heterocycles. The molecular weight excluding hydrogens is 212 g/mol. The van der Waals surface area contributed by atoms with Gasteiger partial charge in [0.25, 0.3) is 0 Å². The SMILES string of the molecule is COc1ccccc1CN1CC(N)CC1(C)C. The van der Waals surface area contributed by atoms with E-state index in [1.165, 1.54) is 5.56 Å². The minimum absolute atomic E-state index is 0.181. The molecule has 0 aliphatic carbocycles. The van der Waals surface area contributed by atoms with Gasteiger partial charge in [-0.05, 0) is 26.3 Å². The molecular formula is C14H22N2O. The van der Waals surface area contributed by atoms with E-state index in [4.69, 9.17) is 10.5 Å². The summed E-state index contributed by atoms with van der Waals surface area (Å²) in [5, 5.41) is 0. The first-order valence-corrected chi connectivity index (χ1v) is 6.15. The van der Waals surface area contributed by atoms with Crippen molar-refractivity contribution in [2.75, 3.05) is 13.7 Å². The second-order valence-electron chi connectivity index (χ2n) is 5.47. The van der Waals surface area contributed by atoms with Crippen LogP contribution in [0.15, 0.2) is 24.3 Å². The topological polar surface area (TPSA) is 38.5 Å². The van der Waals surface area contributed by atoms with E-state index < -0.39 is 0 Å². The number of methoxy groups -OCH3 is 1. The zero-order valence-corrected chi connectivity index (χ0v) is 10.9. The van der Waals surface area contributed by atoms with Gasteiger partial charge in [0.1, 0.15) is 5.75 Å². The van der Waals surface area contributed by atoms with Crippen molar-refractivity contribution in [1.29, 1.82) is 0 Å². The van der Waals surface area contributed by atoms with Gasteiger partial charge in [-0.1, -0.05) is 18.2 Å². The summed E-state index contributed by atoms with van der Waals surface area (Å²) in [6.07, 6.45) is 1.06. The fraction of sp³-hybridized carbons (Fsp3) is 0.571. The van der Waals surface area contributed by atoms with Crippen LogP contribution < -0.4 is 10.5 Å². The molecule has 1 fully saturated rings. The van der Waals surface area contributed by atoms with E-state index in [1.54, 1.807) is 7.11 Å². The molecule has 3 nitrogen and oxygen atoms in total. The number of para-hydroxylation sites is 1. The first-order valence-electron chi connectivity index (χ1n) is 6.15. The molecule has 2 N–H and O–H groups in total. The van der Waals surface area contributed by atoms with Crippen LogP contribution in [0.4, 0.5) is 0 Å². The lowest BCUT2D eigenvalue weighted by Gasteiger charge is -2.31. The number of ether oxygens (including phenoxy) is 1. The lowest BCUT2D eigenvalue weighted by atomic mass is 10.00. The summed E-state index contributed by atoms with van der Waals surface area (Å²) in [7, 11) is 1.72. The maximum Gasteiger partial charge on any atom is 0.123 e. The molecule has 1 aliphatic heterocycles. The number of hydrogen-bond donors (Lipinski definition) is 1. The number of nitrogens with two attached hydrogens (primary N) is 1. The first kappa shape index (κ1) is 12.4. The van der Waals surface area contributed by atoms with Gasteiger partial charge in [0.05, 0.1) is 7.11 Å². The van der Waals surface area contributed by atoms with Crippen LogP contribution in [0.3, 0.4) is 0 Å². The molecule has 1 unspecified atom stereocenters. The van der Waals surface area contributed by atoms with Crippen LogP contribution in [0.1, 0.15) is 25.8 Å². The van der Waals surface area contributed by atoms with Crippen LogP contribution in [0.25, 0.3) is 0 Å². The summed E-state index contributed by atoms with van der Waals surface area (Å²) >= 11 is 0. The molecule has 1 aromatic carbocycles. The normalized spacial score (nSPS) is 23.9. The third kappa shape index (κ3) is 2.61. The summed E-state index contributed by atoms with van der Waals surface area (Å²) in [6.45, 7) is 6.39. The fourth-order valence-corrected chi connectivity index (χ4v) is 2.68. The Hall–Kier alpha value is -1.06. The number of likely N-dealkylation sites (tertiary alicyclic amines) is 1. The molecule has 1 heterocycles. The standard InChI is InChI=1S/C14H22N2O/c1-14(2)8-12(15)10-16(14)9-11-6-4-5-7-13(11)17-3/h4-7,12H,8-10,15H2,1-3H3. The minimum Gasteiger partial charge on any atom is -0.496 e. The van der Waals surface area contributed by atoms with Crippen LogP contribution >= 0.6 is 0 Å². The Morgan fingerprint density at radius 1 is 1.41 bits per heavy atom. The van der Waals surface area contributed by atoms with Crippen LogP contribution in [0.5, 0.6) is 5.75 Å². The maximum atomic E-state index is 6.05. The monoisotopic (exact) mass is 234 g/mol. The molecule has 0 spiro atoms. The van der Waals surface area contributed by atoms with Crippen molar-refractivity contribution in [3.8, 4) is 5.75 Å². The lowest BCUT2D eigenvalue weighted by Crippen LogP contribution is -2.37. The van der Waals surface area contributed by atoms with Gasteiger partial charge in [-0.15, -0.1) is 0 Å². The largest absolute Gasteiger partial charge is 0.496 e. The average molecular weight is 234 g/mol. The highest BCUT2D eigenvalue weighted by molar-refractivity contribution is 5.33. The zero-order valence-electron chi connectivity index (χ0n) is 10.9. The Labute approximate surface area is 104 Å². The Kier molecular flexibility index (Phi) is 3.40. The van der Waals surface area contributed by atoms with Crippen molar-refractivity contribution in [3.05, 3.63) is 29.8 Å². The van der Waals surface area contributed by atoms with Gasteiger partial charge in [-0.25, -0.2) is 0 Å². The summed E-state index contributed by atoms with van der Waals surface area (Å²) in [6, 6.07) is 8.49. The highest BCUT2D eigenvalue weighted by Gasteiger charge is 2.36. The van der Waals surface area contributed by atoms with Crippen molar-refractivity contribution >= 4 is 0 Å². The summed E-state index contributed by atoms with van der Waals surface area (Å²) in [4.78, 5) is 2.44. The van der Waals surface area contributed by atoms with E-state index >= 15 is 0 Å². The van der Waals surface area contributed by atoms with Crippen LogP contribution in [0, 0.1) is 0 Å². The second-order valence-corrected chi connectivity index (χ2v) is 5.47. The van der Waals surface area contributed by atoms with Crippen LogP contribution in [-0.4, -0.2) is 30.1 Å². The van der Waals surface area contributed by atoms with Gasteiger partial charge in [0.15, 0.2) is 0 Å². The average Bonchev–Trinajstić information content (AvgIpc) is 2.52. The molecule has 94 valence electrons. The van der Waals surface area contributed by atoms with Gasteiger partial charge in [-0.3, -0.25) is 4.90 Å². The molecule has 2 rings (SSSR count). The van der Waals surface area contributed by atoms with E-state index in [1.807, 2.05) is 12.1 Å². The van der Waals surface area contributed by atoms with Crippen molar-refractivity contribution < 1.29 is 4.74 Å². The molecule has 1 atom stereocenters. The van der Waals surface area contributed by atoms with Gasteiger partial charge in [0, 0.05) is 30.2 Å². The quantitative estimate of drug-likeness (QED) is 0.869. The maximum absolute atomic E-state index is 6.05. The molecule has 1 aromatic rings. The summed E-state index contributed by atoms with van der Waals surface area (Å²) < 4.78 is 5.39. The van der Waals surface area contributed by atoms with E-state index in [2.05, 4.69) is 30.9 Å². The van der Waals surface area contributed by atoms with Gasteiger partial charge >= 0.3 is 0 Å². The molecule has 3 heteroatoms. The van der Waals surface area contributed by atoms with E-state index in [9.17, 15) is 0 Å². The molecule has 1 aliphatic rings. The predicted octanol–water partition coefficient (Wildman–Crippen LogP) is 2.01. The molecule has 17 heavy (non-hydrogen) atoms. The fourth-order valence-electron chi connectivity index (χ4n) is 2.68. The Balaban J connectivity index is 2.15. The van der Waals surface area contributed by atoms with E-state index in [0.717, 1.165) is 25.3 Å². The first-order chi connectivity index (χ1) is 8.03. The summed E-state index contributed by atoms with van der Waals surface area (Å²) in [5.41, 5.74) is 7.47. The lowest BCUT2D eigenvalue weighted by molar-refractivity contribution is 0.164. The minimum atomic E-state index is 0.181. The van der Waals surface area contributed by atoms with Gasteiger partial charge in [-0.2, -0.15) is 0 Å². The highest BCUT2D eigenvalue weighted by atomic mass is 16.5. The Morgan fingerprint density at radius 2 is 2.12 bits per heavy atom. The third-order valence-corrected chi connectivity index (χ3v) is 3.63. The Bertz CT molecular complexity index is 390. The van der Waals surface area contributed by atoms with Crippen LogP contribution in [-0.2, 0) is 6.54 Å². The third-order valence-electron chi connectivity index (χ3n) is 3.63. The smallest absolute Gasteiger partial charge is 0.123 e. The molecule has 0 saturated carbocycles. The van der Waals surface area contributed by atoms with Crippen molar-refractivity contribution in [3.63, 3.8) is 0 Å². The number of hydrogen-bond acceptors (Lipinski definition) is 3. The van der Waals surface area contributed by atoms with Crippen molar-refractivity contribution in [1.82, 2.24) is 4.90 Å². The van der Waals surface area contributed by atoms with Crippen molar-refractivity contribution in [2.45, 2.75) is 38.4 Å². The van der Waals surface area contributed by atoms with Gasteiger partial charge < -0.3 is 10.5 Å². The molecule has 1 saturated heterocycles. The van der Waals surface area contributed by atoms with Gasteiger partial charge in [0.2, 0.25) is 0 Å². The molecule has 0 radical (unpaired) electrons. The van der Waals surface area contributed by atoms with Crippen molar-refractivity contribution in [2.24, 2.45) is 5.73 Å². The van der Waals surface area contributed by atoms with E-state index in [-0.39, 0.29) is 5.54 Å². The zero-order chi connectivity index (χ0) is 12.5. The van der Waals surface area contributed by atoms with Crippen LogP contribution in [0.2, 0.25) is 0 Å². The number of benzene rings is 1. The number of nitrogens with zero attached hydrogens (tertiary/aromatic N) is 1. The molecule has 0 amide bonds. The Morgan fingerprint density at radius 3 is 2.71 bits per heavy atom. The highest BCUT2D eigenvalue weighted by Crippen LogP contribution is 2.31. The second kappa shape index (κ2) is 4.67. The molecule has 0 bridgehead atoms.